The second-order valence-electron chi connectivity index (χ2n) is 4.27. The molecule has 0 fully saturated rings. The second kappa shape index (κ2) is 4.52. The fourth-order valence-corrected chi connectivity index (χ4v) is 1.98. The van der Waals surface area contributed by atoms with Crippen molar-refractivity contribution in [3.8, 4) is 0 Å². The van der Waals surface area contributed by atoms with Gasteiger partial charge in [0.1, 0.15) is 11.4 Å². The van der Waals surface area contributed by atoms with E-state index in [1.807, 2.05) is 29.1 Å². The van der Waals surface area contributed by atoms with Crippen molar-refractivity contribution in [3.63, 3.8) is 0 Å². The maximum Gasteiger partial charge on any atom is 0.139 e. The van der Waals surface area contributed by atoms with E-state index in [-0.39, 0.29) is 6.04 Å². The summed E-state index contributed by atoms with van der Waals surface area (Å²) in [5.74, 6) is 0.848. The van der Waals surface area contributed by atoms with Gasteiger partial charge in [0, 0.05) is 24.6 Å². The average molecular weight is 242 g/mol. The second-order valence-corrected chi connectivity index (χ2v) is 4.27. The van der Waals surface area contributed by atoms with Gasteiger partial charge in [-0.3, -0.25) is 4.68 Å². The van der Waals surface area contributed by atoms with Gasteiger partial charge in [-0.2, -0.15) is 5.10 Å². The fourth-order valence-electron chi connectivity index (χ4n) is 1.98. The van der Waals surface area contributed by atoms with Crippen LogP contribution in [-0.2, 0) is 6.54 Å². The molecule has 92 valence electrons. The number of aromatic nitrogens is 3. The van der Waals surface area contributed by atoms with E-state index < -0.39 is 0 Å². The number of hydrogen-bond acceptors (Lipinski definition) is 4. The molecule has 1 N–H and O–H groups in total. The van der Waals surface area contributed by atoms with Gasteiger partial charge in [-0.15, -0.1) is 0 Å². The van der Waals surface area contributed by atoms with E-state index >= 15 is 0 Å². The van der Waals surface area contributed by atoms with Crippen molar-refractivity contribution in [3.05, 3.63) is 43.1 Å². The number of furan rings is 1. The van der Waals surface area contributed by atoms with Gasteiger partial charge in [-0.25, -0.2) is 4.98 Å². The molecule has 3 heterocycles. The topological polar surface area (TPSA) is 55.9 Å². The molecule has 1 atom stereocenters. The van der Waals surface area contributed by atoms with Crippen LogP contribution in [-0.4, -0.2) is 20.8 Å². The van der Waals surface area contributed by atoms with Crippen LogP contribution in [0.4, 0.5) is 5.82 Å². The third-order valence-electron chi connectivity index (χ3n) is 2.78. The molecule has 0 aliphatic carbocycles. The molecular formula is C13H14N4O. The van der Waals surface area contributed by atoms with E-state index in [1.54, 1.807) is 18.7 Å². The molecule has 3 aromatic rings. The Balaban J connectivity index is 1.77. The summed E-state index contributed by atoms with van der Waals surface area (Å²) in [7, 11) is 0. The Morgan fingerprint density at radius 1 is 1.39 bits per heavy atom. The maximum atomic E-state index is 5.35. The number of nitrogens with zero attached hydrogens (tertiary/aromatic N) is 3. The first-order valence-corrected chi connectivity index (χ1v) is 5.89. The molecule has 0 spiro atoms. The standard InChI is InChI=1S/C13H14N4O/c1-10(9-17-7-2-5-15-17)16-13-11-4-8-18-12(11)3-6-14-13/h2-8,10H,9H2,1H3,(H,14,16). The highest BCUT2D eigenvalue weighted by molar-refractivity contribution is 5.87. The van der Waals surface area contributed by atoms with Gasteiger partial charge in [0.25, 0.3) is 0 Å². The lowest BCUT2D eigenvalue weighted by Crippen LogP contribution is -2.22. The minimum atomic E-state index is 0.234. The van der Waals surface area contributed by atoms with Gasteiger partial charge < -0.3 is 9.73 Å². The van der Waals surface area contributed by atoms with E-state index in [9.17, 15) is 0 Å². The predicted octanol–water partition coefficient (Wildman–Crippen LogP) is 2.52. The first-order valence-electron chi connectivity index (χ1n) is 5.89. The van der Waals surface area contributed by atoms with Crippen LogP contribution in [0.1, 0.15) is 6.92 Å². The first kappa shape index (κ1) is 10.8. The van der Waals surface area contributed by atoms with Crippen molar-refractivity contribution in [2.75, 3.05) is 5.32 Å². The fraction of sp³-hybridized carbons (Fsp3) is 0.231. The summed E-state index contributed by atoms with van der Waals surface area (Å²) in [6.07, 6.45) is 7.15. The lowest BCUT2D eigenvalue weighted by molar-refractivity contribution is 0.560. The van der Waals surface area contributed by atoms with Gasteiger partial charge in [-0.05, 0) is 25.1 Å². The van der Waals surface area contributed by atoms with Gasteiger partial charge in [-0.1, -0.05) is 0 Å². The normalized spacial score (nSPS) is 12.7. The monoisotopic (exact) mass is 242 g/mol. The molecule has 3 aromatic heterocycles. The highest BCUT2D eigenvalue weighted by Gasteiger charge is 2.08. The molecule has 0 amide bonds. The number of hydrogen-bond donors (Lipinski definition) is 1. The van der Waals surface area contributed by atoms with Crippen molar-refractivity contribution < 1.29 is 4.42 Å². The molecule has 3 rings (SSSR count). The van der Waals surface area contributed by atoms with Crippen LogP contribution in [0.5, 0.6) is 0 Å². The lowest BCUT2D eigenvalue weighted by Gasteiger charge is -2.14. The van der Waals surface area contributed by atoms with Crippen molar-refractivity contribution in [1.29, 1.82) is 0 Å². The zero-order valence-electron chi connectivity index (χ0n) is 10.1. The molecule has 1 unspecified atom stereocenters. The van der Waals surface area contributed by atoms with Crippen LogP contribution < -0.4 is 5.32 Å². The van der Waals surface area contributed by atoms with Crippen molar-refractivity contribution >= 4 is 16.8 Å². The zero-order chi connectivity index (χ0) is 12.4. The van der Waals surface area contributed by atoms with Crippen LogP contribution in [0.3, 0.4) is 0 Å². The molecule has 0 aliphatic rings. The minimum absolute atomic E-state index is 0.234. The summed E-state index contributed by atoms with van der Waals surface area (Å²) < 4.78 is 7.24. The molecule has 0 aliphatic heterocycles. The van der Waals surface area contributed by atoms with Crippen LogP contribution in [0.2, 0.25) is 0 Å². The Morgan fingerprint density at radius 3 is 3.17 bits per heavy atom. The number of anilines is 1. The SMILES string of the molecule is CC(Cn1cccn1)Nc1nccc2occc12. The number of fused-ring (bicyclic) bond motifs is 1. The first-order chi connectivity index (χ1) is 8.83. The molecule has 0 bridgehead atoms. The van der Waals surface area contributed by atoms with E-state index in [4.69, 9.17) is 4.42 Å². The largest absolute Gasteiger partial charge is 0.464 e. The smallest absolute Gasteiger partial charge is 0.139 e. The third-order valence-corrected chi connectivity index (χ3v) is 2.78. The Morgan fingerprint density at radius 2 is 2.33 bits per heavy atom. The van der Waals surface area contributed by atoms with Gasteiger partial charge in [0.05, 0.1) is 18.2 Å². The maximum absolute atomic E-state index is 5.35. The number of nitrogens with one attached hydrogen (secondary N) is 1. The molecule has 5 heteroatoms. The van der Waals surface area contributed by atoms with E-state index in [0.29, 0.717) is 0 Å². The average Bonchev–Trinajstić information content (AvgIpc) is 2.99. The van der Waals surface area contributed by atoms with Crippen LogP contribution in [0.25, 0.3) is 11.0 Å². The van der Waals surface area contributed by atoms with Crippen LogP contribution in [0.15, 0.2) is 47.5 Å². The van der Waals surface area contributed by atoms with E-state index in [2.05, 4.69) is 22.3 Å². The zero-order valence-corrected chi connectivity index (χ0v) is 10.1. The van der Waals surface area contributed by atoms with E-state index in [0.717, 1.165) is 23.3 Å². The summed E-state index contributed by atoms with van der Waals surface area (Å²) in [6, 6.07) is 5.93. The molecule has 0 saturated heterocycles. The molecule has 18 heavy (non-hydrogen) atoms. The summed E-state index contributed by atoms with van der Waals surface area (Å²) in [6.45, 7) is 2.89. The summed E-state index contributed by atoms with van der Waals surface area (Å²) in [4.78, 5) is 4.35. The van der Waals surface area contributed by atoms with Crippen LogP contribution in [0, 0.1) is 0 Å². The Bertz CT molecular complexity index is 629. The lowest BCUT2D eigenvalue weighted by atomic mass is 10.2. The Hall–Kier alpha value is -2.30. The van der Waals surface area contributed by atoms with Crippen molar-refractivity contribution in [1.82, 2.24) is 14.8 Å². The molecule has 0 aromatic carbocycles. The molecule has 0 radical (unpaired) electrons. The number of pyridine rings is 1. The predicted molar refractivity (Wildman–Crippen MR) is 69.3 cm³/mol. The van der Waals surface area contributed by atoms with Crippen molar-refractivity contribution in [2.24, 2.45) is 0 Å². The summed E-state index contributed by atoms with van der Waals surface area (Å²) in [5, 5.41) is 8.57. The molecule has 0 saturated carbocycles. The summed E-state index contributed by atoms with van der Waals surface area (Å²) in [5.41, 5.74) is 0.846. The van der Waals surface area contributed by atoms with Crippen LogP contribution >= 0.6 is 0 Å². The van der Waals surface area contributed by atoms with Gasteiger partial charge in [0.2, 0.25) is 0 Å². The molecule has 5 nitrogen and oxygen atoms in total. The van der Waals surface area contributed by atoms with Gasteiger partial charge >= 0.3 is 0 Å². The summed E-state index contributed by atoms with van der Waals surface area (Å²) >= 11 is 0. The third kappa shape index (κ3) is 2.07. The highest BCUT2D eigenvalue weighted by atomic mass is 16.3. The quantitative estimate of drug-likeness (QED) is 0.763. The van der Waals surface area contributed by atoms with Crippen molar-refractivity contribution in [2.45, 2.75) is 19.5 Å². The highest BCUT2D eigenvalue weighted by Crippen LogP contribution is 2.22. The minimum Gasteiger partial charge on any atom is -0.464 e. The molecular weight excluding hydrogens is 228 g/mol. The Kier molecular flexibility index (Phi) is 2.72. The Labute approximate surface area is 104 Å². The number of rotatable bonds is 4. The van der Waals surface area contributed by atoms with E-state index in [1.165, 1.54) is 0 Å². The van der Waals surface area contributed by atoms with Gasteiger partial charge in [0.15, 0.2) is 0 Å².